The fourth-order valence-corrected chi connectivity index (χ4v) is 1.89. The van der Waals surface area contributed by atoms with Gasteiger partial charge in [-0.1, -0.05) is 29.7 Å². The lowest BCUT2D eigenvalue weighted by Gasteiger charge is -1.99. The number of aromatic hydroxyl groups is 1. The molecule has 3 rings (SSSR count). The summed E-state index contributed by atoms with van der Waals surface area (Å²) in [5, 5.41) is 10.3. The predicted octanol–water partition coefficient (Wildman–Crippen LogP) is 2.98. The Morgan fingerprint density at radius 3 is 1.48 bits per heavy atom. The number of aromatic nitrogens is 2. The van der Waals surface area contributed by atoms with Crippen LogP contribution in [0.4, 0.5) is 0 Å². The molecule has 3 heteroatoms. The van der Waals surface area contributed by atoms with Crippen LogP contribution in [-0.4, -0.2) is 15.1 Å². The molecule has 23 heavy (non-hydrogen) atoms. The third-order valence-corrected chi connectivity index (χ3v) is 3.08. The molecule has 0 amide bonds. The van der Waals surface area contributed by atoms with E-state index in [1.165, 1.54) is 0 Å². The Balaban J connectivity index is 1.91. The van der Waals surface area contributed by atoms with Crippen LogP contribution in [0.25, 0.3) is 0 Å². The molecular weight excluding hydrogens is 284 g/mol. The maximum atomic E-state index is 10.3. The fraction of sp³-hybridized carbons (Fsp3) is 0. The number of nitrogens with zero attached hydrogens (tertiary/aromatic N) is 2. The summed E-state index contributed by atoms with van der Waals surface area (Å²) in [5.74, 6) is 12.0. The molecule has 2 heterocycles. The molecule has 0 radical (unpaired) electrons. The van der Waals surface area contributed by atoms with E-state index in [0.717, 1.165) is 11.1 Å². The quantitative estimate of drug-likeness (QED) is 0.649. The van der Waals surface area contributed by atoms with E-state index < -0.39 is 0 Å². The molecule has 1 N–H and O–H groups in total. The molecule has 0 spiro atoms. The van der Waals surface area contributed by atoms with Gasteiger partial charge in [-0.3, -0.25) is 9.97 Å². The number of hydrogen-bond donors (Lipinski definition) is 1. The first kappa shape index (κ1) is 14.4. The average Bonchev–Trinajstić information content (AvgIpc) is 2.61. The molecule has 0 saturated carbocycles. The Kier molecular flexibility index (Phi) is 4.34. The lowest BCUT2D eigenvalue weighted by atomic mass is 10.1. The van der Waals surface area contributed by atoms with Crippen LogP contribution in [0.3, 0.4) is 0 Å². The van der Waals surface area contributed by atoms with E-state index in [9.17, 15) is 5.11 Å². The summed E-state index contributed by atoms with van der Waals surface area (Å²) < 4.78 is 0. The highest BCUT2D eigenvalue weighted by Gasteiger charge is 2.02. The van der Waals surface area contributed by atoms with Crippen molar-refractivity contribution in [3.63, 3.8) is 0 Å². The summed E-state index contributed by atoms with van der Waals surface area (Å²) in [6.45, 7) is 0. The number of rotatable bonds is 0. The zero-order valence-electron chi connectivity index (χ0n) is 12.2. The molecular formula is C20H12N2O. The standard InChI is InChI=1S/C20H12N2O/c23-20-18(6-4-16-8-12-21-13-9-16)2-1-3-19(20)7-5-17-10-14-22-15-11-17/h1-3,8-15,23H. The number of hydrogen-bond acceptors (Lipinski definition) is 3. The van der Waals surface area contributed by atoms with Gasteiger partial charge in [-0.25, -0.2) is 0 Å². The second-order valence-corrected chi connectivity index (χ2v) is 4.67. The van der Waals surface area contributed by atoms with Gasteiger partial charge in [-0.15, -0.1) is 0 Å². The SMILES string of the molecule is Oc1c(C#Cc2ccncc2)cccc1C#Cc1ccncc1. The van der Waals surface area contributed by atoms with E-state index >= 15 is 0 Å². The summed E-state index contributed by atoms with van der Waals surface area (Å²) in [4.78, 5) is 7.89. The highest BCUT2D eigenvalue weighted by Crippen LogP contribution is 2.20. The molecule has 0 aliphatic rings. The minimum atomic E-state index is 0.0932. The van der Waals surface area contributed by atoms with Crippen molar-refractivity contribution in [2.75, 3.05) is 0 Å². The number of phenols is 1. The Morgan fingerprint density at radius 2 is 1.04 bits per heavy atom. The van der Waals surface area contributed by atoms with Gasteiger partial charge < -0.3 is 5.11 Å². The first-order chi connectivity index (χ1) is 11.3. The fourth-order valence-electron chi connectivity index (χ4n) is 1.89. The van der Waals surface area contributed by atoms with Crippen molar-refractivity contribution in [3.05, 3.63) is 89.5 Å². The third-order valence-electron chi connectivity index (χ3n) is 3.08. The Hall–Kier alpha value is -3.56. The van der Waals surface area contributed by atoms with Crippen LogP contribution in [0.5, 0.6) is 5.75 Å². The normalized spacial score (nSPS) is 9.22. The Labute approximate surface area is 134 Å². The molecule has 2 aromatic heterocycles. The van der Waals surface area contributed by atoms with Crippen molar-refractivity contribution < 1.29 is 5.11 Å². The van der Waals surface area contributed by atoms with Gasteiger partial charge in [0.15, 0.2) is 0 Å². The molecule has 0 aliphatic heterocycles. The molecule has 0 aliphatic carbocycles. The van der Waals surface area contributed by atoms with Crippen molar-refractivity contribution in [3.8, 4) is 29.4 Å². The van der Waals surface area contributed by atoms with E-state index in [2.05, 4.69) is 33.6 Å². The lowest BCUT2D eigenvalue weighted by Crippen LogP contribution is -1.83. The van der Waals surface area contributed by atoms with Gasteiger partial charge in [-0.2, -0.15) is 0 Å². The summed E-state index contributed by atoms with van der Waals surface area (Å²) in [7, 11) is 0. The first-order valence-electron chi connectivity index (χ1n) is 6.99. The summed E-state index contributed by atoms with van der Waals surface area (Å²) in [6, 6.07) is 12.6. The van der Waals surface area contributed by atoms with Gasteiger partial charge in [0.25, 0.3) is 0 Å². The van der Waals surface area contributed by atoms with Crippen LogP contribution in [0, 0.1) is 23.7 Å². The van der Waals surface area contributed by atoms with Crippen molar-refractivity contribution in [1.82, 2.24) is 9.97 Å². The van der Waals surface area contributed by atoms with Crippen LogP contribution in [0.1, 0.15) is 22.3 Å². The van der Waals surface area contributed by atoms with Crippen LogP contribution in [0.15, 0.2) is 67.3 Å². The number of para-hydroxylation sites is 1. The second-order valence-electron chi connectivity index (χ2n) is 4.67. The van der Waals surface area contributed by atoms with Crippen LogP contribution >= 0.6 is 0 Å². The van der Waals surface area contributed by atoms with Crippen molar-refractivity contribution >= 4 is 0 Å². The molecule has 0 bridgehead atoms. The summed E-state index contributed by atoms with van der Waals surface area (Å²) in [6.07, 6.45) is 6.72. The lowest BCUT2D eigenvalue weighted by molar-refractivity contribution is 0.472. The Morgan fingerprint density at radius 1 is 0.609 bits per heavy atom. The van der Waals surface area contributed by atoms with Crippen molar-refractivity contribution in [2.24, 2.45) is 0 Å². The molecule has 0 fully saturated rings. The largest absolute Gasteiger partial charge is 0.505 e. The van der Waals surface area contributed by atoms with Gasteiger partial charge in [0.2, 0.25) is 0 Å². The van der Waals surface area contributed by atoms with Crippen LogP contribution in [0.2, 0.25) is 0 Å². The van der Waals surface area contributed by atoms with Crippen molar-refractivity contribution in [1.29, 1.82) is 0 Å². The highest BCUT2D eigenvalue weighted by atomic mass is 16.3. The third kappa shape index (κ3) is 3.75. The maximum absolute atomic E-state index is 10.3. The predicted molar refractivity (Wildman–Crippen MR) is 88.5 cm³/mol. The molecule has 3 nitrogen and oxygen atoms in total. The summed E-state index contributed by atoms with van der Waals surface area (Å²) in [5.41, 5.74) is 2.77. The summed E-state index contributed by atoms with van der Waals surface area (Å²) >= 11 is 0. The van der Waals surface area contributed by atoms with Gasteiger partial charge in [-0.05, 0) is 36.4 Å². The van der Waals surface area contributed by atoms with Gasteiger partial charge in [0, 0.05) is 35.9 Å². The van der Waals surface area contributed by atoms with E-state index in [1.807, 2.05) is 30.3 Å². The van der Waals surface area contributed by atoms with Gasteiger partial charge >= 0.3 is 0 Å². The molecule has 0 saturated heterocycles. The zero-order valence-corrected chi connectivity index (χ0v) is 12.2. The Bertz CT molecular complexity index is 852. The minimum Gasteiger partial charge on any atom is -0.505 e. The molecule has 0 atom stereocenters. The number of pyridine rings is 2. The molecule has 3 aromatic rings. The molecule has 0 unspecified atom stereocenters. The van der Waals surface area contributed by atoms with Gasteiger partial charge in [0.05, 0.1) is 11.1 Å². The minimum absolute atomic E-state index is 0.0932. The average molecular weight is 296 g/mol. The molecule has 108 valence electrons. The second kappa shape index (κ2) is 6.93. The number of benzene rings is 1. The van der Waals surface area contributed by atoms with E-state index in [1.54, 1.807) is 36.9 Å². The monoisotopic (exact) mass is 296 g/mol. The smallest absolute Gasteiger partial charge is 0.146 e. The zero-order chi connectivity index (χ0) is 15.9. The van der Waals surface area contributed by atoms with E-state index in [4.69, 9.17) is 0 Å². The van der Waals surface area contributed by atoms with Crippen molar-refractivity contribution in [2.45, 2.75) is 0 Å². The van der Waals surface area contributed by atoms with E-state index in [-0.39, 0.29) is 5.75 Å². The van der Waals surface area contributed by atoms with Crippen LogP contribution in [-0.2, 0) is 0 Å². The first-order valence-corrected chi connectivity index (χ1v) is 6.99. The number of phenolic OH excluding ortho intramolecular Hbond substituents is 1. The van der Waals surface area contributed by atoms with E-state index in [0.29, 0.717) is 11.1 Å². The highest BCUT2D eigenvalue weighted by molar-refractivity contribution is 5.58. The maximum Gasteiger partial charge on any atom is 0.146 e. The van der Waals surface area contributed by atoms with Crippen LogP contribution < -0.4 is 0 Å². The molecule has 1 aromatic carbocycles. The van der Waals surface area contributed by atoms with Gasteiger partial charge in [0.1, 0.15) is 5.75 Å². The topological polar surface area (TPSA) is 46.0 Å².